The van der Waals surface area contributed by atoms with Crippen LogP contribution in [-0.2, 0) is 27.9 Å². The van der Waals surface area contributed by atoms with Crippen molar-refractivity contribution in [3.63, 3.8) is 0 Å². The normalized spacial score (nSPS) is 13.5. The van der Waals surface area contributed by atoms with Gasteiger partial charge < -0.3 is 20.1 Å². The van der Waals surface area contributed by atoms with Crippen LogP contribution in [0.3, 0.4) is 0 Å². The number of carbonyl (C=O) groups is 1. The van der Waals surface area contributed by atoms with E-state index in [1.807, 2.05) is 6.08 Å². The van der Waals surface area contributed by atoms with Gasteiger partial charge in [-0.1, -0.05) is 199 Å². The van der Waals surface area contributed by atoms with Gasteiger partial charge in [-0.2, -0.15) is 0 Å². The van der Waals surface area contributed by atoms with Gasteiger partial charge in [0.15, 0.2) is 6.10 Å². The smallest absolute Gasteiger partial charge is 0.472 e. The maximum Gasteiger partial charge on any atom is 0.472 e. The lowest BCUT2D eigenvalue weighted by Gasteiger charge is -2.19. The van der Waals surface area contributed by atoms with Crippen molar-refractivity contribution in [3.05, 3.63) is 24.5 Å². The quantitative estimate of drug-likeness (QED) is 0.0205. The molecule has 56 heavy (non-hydrogen) atoms. The third-order valence-electron chi connectivity index (χ3n) is 10.5. The summed E-state index contributed by atoms with van der Waals surface area (Å²) in [5.41, 5.74) is 5.37. The molecule has 0 amide bonds. The molecule has 0 aromatic rings. The Hall–Kier alpha value is -1.18. The lowest BCUT2D eigenvalue weighted by atomic mass is 10.0. The fourth-order valence-electron chi connectivity index (χ4n) is 6.86. The summed E-state index contributed by atoms with van der Waals surface area (Å²) in [4.78, 5) is 22.3. The molecule has 0 bridgehead atoms. The van der Waals surface area contributed by atoms with Crippen LogP contribution in [0, 0.1) is 0 Å². The highest BCUT2D eigenvalue weighted by molar-refractivity contribution is 7.47. The number of unbranched alkanes of at least 4 members (excludes halogenated alkanes) is 31. The molecule has 9 heteroatoms. The summed E-state index contributed by atoms with van der Waals surface area (Å²) in [5, 5.41) is 0. The van der Waals surface area contributed by atoms with Crippen LogP contribution in [0.15, 0.2) is 24.5 Å². The molecule has 2 atom stereocenters. The average molecular weight is 814 g/mol. The van der Waals surface area contributed by atoms with Gasteiger partial charge in [-0.25, -0.2) is 4.57 Å². The summed E-state index contributed by atoms with van der Waals surface area (Å²) in [6, 6.07) is 0. The molecule has 2 unspecified atom stereocenters. The second kappa shape index (κ2) is 44.9. The predicted molar refractivity (Wildman–Crippen MR) is 238 cm³/mol. The van der Waals surface area contributed by atoms with E-state index in [0.717, 1.165) is 44.9 Å². The second-order valence-electron chi connectivity index (χ2n) is 16.0. The summed E-state index contributed by atoms with van der Waals surface area (Å²) in [7, 11) is -4.27. The molecule has 8 nitrogen and oxygen atoms in total. The van der Waals surface area contributed by atoms with Crippen molar-refractivity contribution in [1.29, 1.82) is 0 Å². The van der Waals surface area contributed by atoms with E-state index in [0.29, 0.717) is 6.42 Å². The van der Waals surface area contributed by atoms with Crippen LogP contribution < -0.4 is 5.73 Å². The van der Waals surface area contributed by atoms with E-state index in [9.17, 15) is 14.3 Å². The molecule has 3 N–H and O–H groups in total. The number of ether oxygens (including phenoxy) is 2. The van der Waals surface area contributed by atoms with E-state index < -0.39 is 13.9 Å². The fraction of sp³-hybridized carbons (Fsp3) is 0.894. The van der Waals surface area contributed by atoms with Gasteiger partial charge in [0.1, 0.15) is 6.61 Å². The topological polar surface area (TPSA) is 117 Å². The van der Waals surface area contributed by atoms with E-state index >= 15 is 0 Å². The molecule has 0 saturated heterocycles. The SMILES string of the molecule is CCCCCCCCC=CCCCCCCC=COC(COC(=O)CCCCCCCCCCCCCCCCCCCCCCC)COP(=O)(O)OCCN. The molecule has 0 aromatic carbocycles. The van der Waals surface area contributed by atoms with Crippen molar-refractivity contribution in [1.82, 2.24) is 0 Å². The summed E-state index contributed by atoms with van der Waals surface area (Å²) in [5.74, 6) is -0.288. The Morgan fingerprint density at radius 2 is 0.911 bits per heavy atom. The average Bonchev–Trinajstić information content (AvgIpc) is 3.19. The van der Waals surface area contributed by atoms with E-state index in [-0.39, 0.29) is 32.3 Å². The Bertz CT molecular complexity index is 915. The van der Waals surface area contributed by atoms with Crippen molar-refractivity contribution >= 4 is 13.8 Å². The first kappa shape index (κ1) is 54.8. The molecule has 0 radical (unpaired) electrons. The van der Waals surface area contributed by atoms with Gasteiger partial charge in [0.25, 0.3) is 0 Å². The molecule has 0 aromatic heterocycles. The van der Waals surface area contributed by atoms with Gasteiger partial charge in [-0.15, -0.1) is 0 Å². The molecule has 0 aliphatic heterocycles. The Kier molecular flexibility index (Phi) is 44.0. The number of rotatable bonds is 46. The zero-order valence-electron chi connectivity index (χ0n) is 36.9. The van der Waals surface area contributed by atoms with Gasteiger partial charge in [0.05, 0.1) is 19.5 Å². The Balaban J connectivity index is 3.97. The van der Waals surface area contributed by atoms with Crippen molar-refractivity contribution in [2.45, 2.75) is 245 Å². The zero-order valence-corrected chi connectivity index (χ0v) is 37.8. The standard InChI is InChI=1S/C47H92NO7P/c1-3-5-7-9-11-13-15-17-19-21-22-23-24-25-26-28-30-32-34-36-38-40-47(49)53-44-46(45-55-56(50,51)54-43-41-48)52-42-39-37-35-33-31-29-27-20-18-16-14-12-10-8-6-4-2/h18,20,39,42,46H,3-17,19,21-38,40-41,43-45,48H2,1-2H3,(H,50,51). The van der Waals surface area contributed by atoms with Crippen LogP contribution in [0.5, 0.6) is 0 Å². The number of allylic oxidation sites excluding steroid dienone is 3. The number of esters is 1. The highest BCUT2D eigenvalue weighted by atomic mass is 31.2. The van der Waals surface area contributed by atoms with Crippen molar-refractivity contribution in [3.8, 4) is 0 Å². The lowest BCUT2D eigenvalue weighted by Crippen LogP contribution is -2.25. The van der Waals surface area contributed by atoms with E-state index in [1.54, 1.807) is 6.26 Å². The summed E-state index contributed by atoms with van der Waals surface area (Å²) in [6.45, 7) is 4.24. The molecule has 0 rings (SSSR count). The molecule has 332 valence electrons. The van der Waals surface area contributed by atoms with E-state index in [1.165, 1.54) is 173 Å². The third-order valence-corrected chi connectivity index (χ3v) is 11.4. The van der Waals surface area contributed by atoms with Crippen LogP contribution in [0.1, 0.15) is 239 Å². The van der Waals surface area contributed by atoms with Crippen LogP contribution in [0.2, 0.25) is 0 Å². The number of phosphoric ester groups is 1. The summed E-state index contributed by atoms with van der Waals surface area (Å²) < 4.78 is 33.3. The maximum absolute atomic E-state index is 12.4. The Morgan fingerprint density at radius 1 is 0.536 bits per heavy atom. The van der Waals surface area contributed by atoms with Crippen molar-refractivity contribution < 1.29 is 32.8 Å². The maximum atomic E-state index is 12.4. The molecule has 0 saturated carbocycles. The molecule has 0 fully saturated rings. The van der Waals surface area contributed by atoms with Gasteiger partial charge >= 0.3 is 13.8 Å². The van der Waals surface area contributed by atoms with E-state index in [2.05, 4.69) is 26.0 Å². The summed E-state index contributed by atoms with van der Waals surface area (Å²) >= 11 is 0. The van der Waals surface area contributed by atoms with Crippen LogP contribution >= 0.6 is 7.82 Å². The van der Waals surface area contributed by atoms with Gasteiger partial charge in [0, 0.05) is 13.0 Å². The largest absolute Gasteiger partial charge is 0.492 e. The lowest BCUT2D eigenvalue weighted by molar-refractivity contribution is -0.147. The van der Waals surface area contributed by atoms with Crippen LogP contribution in [-0.4, -0.2) is 43.3 Å². The molecular formula is C47H92NO7P. The second-order valence-corrected chi connectivity index (χ2v) is 17.5. The first-order valence-electron chi connectivity index (χ1n) is 23.9. The highest BCUT2D eigenvalue weighted by Crippen LogP contribution is 2.43. The fourth-order valence-corrected chi connectivity index (χ4v) is 7.62. The minimum atomic E-state index is -4.27. The van der Waals surface area contributed by atoms with Crippen molar-refractivity contribution in [2.75, 3.05) is 26.4 Å². The minimum Gasteiger partial charge on any atom is -0.492 e. The van der Waals surface area contributed by atoms with E-state index in [4.69, 9.17) is 24.3 Å². The Labute approximate surface area is 346 Å². The van der Waals surface area contributed by atoms with Crippen LogP contribution in [0.4, 0.5) is 0 Å². The molecule has 0 aliphatic rings. The van der Waals surface area contributed by atoms with Crippen molar-refractivity contribution in [2.24, 2.45) is 5.73 Å². The van der Waals surface area contributed by atoms with Gasteiger partial charge in [-0.05, 0) is 51.0 Å². The van der Waals surface area contributed by atoms with Crippen LogP contribution in [0.25, 0.3) is 0 Å². The number of hydrogen-bond donors (Lipinski definition) is 2. The number of nitrogens with two attached hydrogens (primary N) is 1. The van der Waals surface area contributed by atoms with Gasteiger partial charge in [-0.3, -0.25) is 13.8 Å². The zero-order chi connectivity index (χ0) is 40.9. The molecular weight excluding hydrogens is 721 g/mol. The summed E-state index contributed by atoms with van der Waals surface area (Å²) in [6.07, 6.45) is 51.6. The highest BCUT2D eigenvalue weighted by Gasteiger charge is 2.24. The molecule has 0 spiro atoms. The minimum absolute atomic E-state index is 0.0638. The number of hydrogen-bond acceptors (Lipinski definition) is 7. The Morgan fingerprint density at radius 3 is 1.32 bits per heavy atom. The first-order valence-corrected chi connectivity index (χ1v) is 25.4. The molecule has 0 aliphatic carbocycles. The number of phosphoric acid groups is 1. The first-order chi connectivity index (χ1) is 27.4. The number of carbonyl (C=O) groups excluding carboxylic acids is 1. The molecule has 0 heterocycles. The third kappa shape index (κ3) is 43.9. The van der Waals surface area contributed by atoms with Gasteiger partial charge in [0.2, 0.25) is 0 Å². The monoisotopic (exact) mass is 814 g/mol. The predicted octanol–water partition coefficient (Wildman–Crippen LogP) is 14.8.